The maximum atomic E-state index is 14.0. The van der Waals surface area contributed by atoms with Crippen LogP contribution in [0, 0.1) is 0 Å². The number of H-pyrrole nitrogens is 1. The zero-order chi connectivity index (χ0) is 18.1. The van der Waals surface area contributed by atoms with Crippen molar-refractivity contribution in [2.24, 2.45) is 0 Å². The molecule has 0 radical (unpaired) electrons. The molecule has 0 saturated carbocycles. The Balaban J connectivity index is 1.74. The van der Waals surface area contributed by atoms with Crippen LogP contribution in [0.3, 0.4) is 0 Å². The number of halogens is 1. The number of aromatic nitrogens is 6. The fourth-order valence-corrected chi connectivity index (χ4v) is 2.85. The van der Waals surface area contributed by atoms with Crippen LogP contribution < -0.4 is 10.1 Å². The maximum absolute atomic E-state index is 14.0. The fourth-order valence-electron chi connectivity index (χ4n) is 2.85. The van der Waals surface area contributed by atoms with Crippen molar-refractivity contribution >= 4 is 11.6 Å². The predicted molar refractivity (Wildman–Crippen MR) is 91.9 cm³/mol. The first-order chi connectivity index (χ1) is 12.6. The minimum absolute atomic E-state index is 0.0424. The van der Waals surface area contributed by atoms with Crippen LogP contribution in [0.5, 0.6) is 5.75 Å². The van der Waals surface area contributed by atoms with E-state index in [2.05, 4.69) is 30.6 Å². The van der Waals surface area contributed by atoms with E-state index in [9.17, 15) is 4.39 Å². The summed E-state index contributed by atoms with van der Waals surface area (Å²) in [5.74, 6) is 1.40. The molecule has 1 aliphatic heterocycles. The third kappa shape index (κ3) is 3.19. The average molecular weight is 361 g/mol. The lowest BCUT2D eigenvalue weighted by Crippen LogP contribution is -2.39. The van der Waals surface area contributed by atoms with Gasteiger partial charge in [0.15, 0.2) is 11.6 Å². The van der Waals surface area contributed by atoms with Gasteiger partial charge in [0, 0.05) is 12.8 Å². The van der Waals surface area contributed by atoms with Crippen molar-refractivity contribution < 1.29 is 13.9 Å². The molecule has 4 heterocycles. The molecule has 0 bridgehead atoms. The summed E-state index contributed by atoms with van der Waals surface area (Å²) in [4.78, 5) is 8.93. The van der Waals surface area contributed by atoms with E-state index in [1.54, 1.807) is 23.1 Å². The normalized spacial score (nSPS) is 20.6. The minimum atomic E-state index is -1.10. The van der Waals surface area contributed by atoms with Crippen molar-refractivity contribution in [2.45, 2.75) is 38.6 Å². The highest BCUT2D eigenvalue weighted by Gasteiger charge is 2.27. The highest BCUT2D eigenvalue weighted by molar-refractivity contribution is 5.63. The molecule has 2 N–H and O–H groups in total. The number of rotatable bonds is 5. The second-order valence-electron chi connectivity index (χ2n) is 6.40. The molecule has 0 spiro atoms. The Bertz CT molecular complexity index is 880. The van der Waals surface area contributed by atoms with Crippen molar-refractivity contribution in [3.8, 4) is 17.1 Å². The number of nitrogens with one attached hydrogen (secondary N) is 2. The second-order valence-corrected chi connectivity index (χ2v) is 6.40. The number of ether oxygens (including phenoxy) is 2. The van der Waals surface area contributed by atoms with E-state index in [1.165, 1.54) is 0 Å². The average Bonchev–Trinajstić information content (AvgIpc) is 3.26. The van der Waals surface area contributed by atoms with Crippen LogP contribution in [0.4, 0.5) is 10.3 Å². The molecule has 26 heavy (non-hydrogen) atoms. The monoisotopic (exact) mass is 361 g/mol. The molecule has 3 aromatic rings. The first kappa shape index (κ1) is 16.7. The molecule has 1 aliphatic rings. The predicted octanol–water partition coefficient (Wildman–Crippen LogP) is 1.84. The minimum Gasteiger partial charge on any atom is -0.485 e. The molecular formula is C16H20FN7O2. The van der Waals surface area contributed by atoms with E-state index < -0.39 is 6.17 Å². The number of fused-ring (bicyclic) bond motifs is 1. The number of hydrogen-bond acceptors (Lipinski definition) is 7. The molecule has 3 aromatic heterocycles. The summed E-state index contributed by atoms with van der Waals surface area (Å²) in [6, 6.07) is -0.388. The summed E-state index contributed by atoms with van der Waals surface area (Å²) >= 11 is 0. The second kappa shape index (κ2) is 6.87. The van der Waals surface area contributed by atoms with Crippen molar-refractivity contribution in [1.29, 1.82) is 0 Å². The Hall–Kier alpha value is -2.75. The van der Waals surface area contributed by atoms with Crippen LogP contribution in [-0.2, 0) is 4.74 Å². The van der Waals surface area contributed by atoms with Crippen molar-refractivity contribution in [1.82, 2.24) is 29.8 Å². The number of nitrogens with zero attached hydrogens (tertiary/aromatic N) is 5. The summed E-state index contributed by atoms with van der Waals surface area (Å²) in [5, 5.41) is 14.2. The van der Waals surface area contributed by atoms with E-state index in [-0.39, 0.29) is 18.8 Å². The summed E-state index contributed by atoms with van der Waals surface area (Å²) in [7, 11) is 0. The van der Waals surface area contributed by atoms with Crippen molar-refractivity contribution in [2.75, 3.05) is 18.5 Å². The van der Waals surface area contributed by atoms with Gasteiger partial charge in [-0.1, -0.05) is 0 Å². The summed E-state index contributed by atoms with van der Waals surface area (Å²) < 4.78 is 26.6. The summed E-state index contributed by atoms with van der Waals surface area (Å²) in [6.07, 6.45) is 4.39. The lowest BCUT2D eigenvalue weighted by molar-refractivity contribution is 0.0284. The molecule has 9 nitrogen and oxygen atoms in total. The van der Waals surface area contributed by atoms with Gasteiger partial charge in [0.25, 0.3) is 0 Å². The van der Waals surface area contributed by atoms with Gasteiger partial charge in [-0.2, -0.15) is 14.6 Å². The van der Waals surface area contributed by atoms with Gasteiger partial charge in [-0.15, -0.1) is 5.10 Å². The zero-order valence-corrected chi connectivity index (χ0v) is 14.5. The van der Waals surface area contributed by atoms with E-state index >= 15 is 0 Å². The third-order valence-electron chi connectivity index (χ3n) is 4.05. The van der Waals surface area contributed by atoms with Crippen LogP contribution in [0.1, 0.15) is 20.3 Å². The largest absolute Gasteiger partial charge is 0.485 e. The Morgan fingerprint density at radius 2 is 2.31 bits per heavy atom. The van der Waals surface area contributed by atoms with Gasteiger partial charge in [0.1, 0.15) is 6.17 Å². The van der Waals surface area contributed by atoms with Crippen LogP contribution >= 0.6 is 0 Å². The number of alkyl halides is 1. The SMILES string of the molecule is CC(C)Oc1cnc(-c2cn[nH]c2)n2nc(N[C@H]3CCOC[C@H]3F)nc12. The molecular weight excluding hydrogens is 341 g/mol. The van der Waals surface area contributed by atoms with Gasteiger partial charge >= 0.3 is 0 Å². The Kier molecular flexibility index (Phi) is 4.41. The lowest BCUT2D eigenvalue weighted by Gasteiger charge is -2.26. The topological polar surface area (TPSA) is 102 Å². The fraction of sp³-hybridized carbons (Fsp3) is 0.500. The molecule has 138 valence electrons. The van der Waals surface area contributed by atoms with Crippen LogP contribution in [-0.4, -0.2) is 61.3 Å². The van der Waals surface area contributed by atoms with Crippen molar-refractivity contribution in [3.63, 3.8) is 0 Å². The number of aromatic amines is 1. The van der Waals surface area contributed by atoms with Crippen molar-refractivity contribution in [3.05, 3.63) is 18.6 Å². The smallest absolute Gasteiger partial charge is 0.243 e. The van der Waals surface area contributed by atoms with Gasteiger partial charge in [0.05, 0.1) is 36.7 Å². The Morgan fingerprint density at radius 1 is 1.42 bits per heavy atom. The van der Waals surface area contributed by atoms with Gasteiger partial charge in [-0.05, 0) is 20.3 Å². The van der Waals surface area contributed by atoms with Gasteiger partial charge in [-0.25, -0.2) is 9.37 Å². The maximum Gasteiger partial charge on any atom is 0.243 e. The lowest BCUT2D eigenvalue weighted by atomic mass is 10.1. The van der Waals surface area contributed by atoms with E-state index in [4.69, 9.17) is 9.47 Å². The number of hydrogen-bond donors (Lipinski definition) is 2. The van der Waals surface area contributed by atoms with E-state index in [1.807, 2.05) is 13.8 Å². The van der Waals surface area contributed by atoms with E-state index in [0.29, 0.717) is 36.2 Å². The Labute approximate surface area is 148 Å². The molecule has 0 unspecified atom stereocenters. The summed E-state index contributed by atoms with van der Waals surface area (Å²) in [6.45, 7) is 4.43. The number of anilines is 1. The molecule has 1 saturated heterocycles. The molecule has 0 aliphatic carbocycles. The molecule has 0 amide bonds. The molecule has 10 heteroatoms. The zero-order valence-electron chi connectivity index (χ0n) is 14.5. The molecule has 2 atom stereocenters. The van der Waals surface area contributed by atoms with Gasteiger partial charge in [-0.3, -0.25) is 5.10 Å². The highest BCUT2D eigenvalue weighted by Crippen LogP contribution is 2.26. The van der Waals surface area contributed by atoms with Crippen LogP contribution in [0.2, 0.25) is 0 Å². The third-order valence-corrected chi connectivity index (χ3v) is 4.05. The highest BCUT2D eigenvalue weighted by atomic mass is 19.1. The molecule has 1 fully saturated rings. The van der Waals surface area contributed by atoms with Gasteiger partial charge < -0.3 is 14.8 Å². The quantitative estimate of drug-likeness (QED) is 0.715. The first-order valence-electron chi connectivity index (χ1n) is 8.51. The summed E-state index contributed by atoms with van der Waals surface area (Å²) in [5.41, 5.74) is 1.27. The molecule has 4 rings (SSSR count). The first-order valence-corrected chi connectivity index (χ1v) is 8.51. The van der Waals surface area contributed by atoms with Crippen LogP contribution in [0.25, 0.3) is 17.0 Å². The molecule has 0 aromatic carbocycles. The Morgan fingerprint density at radius 3 is 3.04 bits per heavy atom. The van der Waals surface area contributed by atoms with E-state index in [0.717, 1.165) is 5.56 Å². The van der Waals surface area contributed by atoms with Gasteiger partial charge in [0.2, 0.25) is 11.6 Å². The van der Waals surface area contributed by atoms with Crippen LogP contribution in [0.15, 0.2) is 18.6 Å². The standard InChI is InChI=1S/C16H20FN7O2/c1-9(2)26-13-7-18-14(10-5-19-20-6-10)24-15(13)22-16(23-24)21-12-3-4-25-8-11(12)17/h5-7,9,11-12H,3-4,8H2,1-2H3,(H,19,20)(H,21,23)/t11-,12+/m1/s1.